The van der Waals surface area contributed by atoms with Gasteiger partial charge in [0.2, 0.25) is 0 Å². The van der Waals surface area contributed by atoms with Crippen LogP contribution in [0.5, 0.6) is 0 Å². The summed E-state index contributed by atoms with van der Waals surface area (Å²) in [6.07, 6.45) is 4.99. The van der Waals surface area contributed by atoms with Gasteiger partial charge < -0.3 is 19.7 Å². The van der Waals surface area contributed by atoms with Crippen LogP contribution in [-0.4, -0.2) is 68.9 Å². The maximum Gasteiger partial charge on any atom is 0.251 e. The monoisotopic (exact) mass is 321 g/mol. The van der Waals surface area contributed by atoms with Gasteiger partial charge in [-0.15, -0.1) is 0 Å². The minimum atomic E-state index is -0.0846. The molecule has 6 heteroatoms. The van der Waals surface area contributed by atoms with Crippen molar-refractivity contribution in [3.63, 3.8) is 0 Å². The van der Waals surface area contributed by atoms with Gasteiger partial charge in [-0.2, -0.15) is 0 Å². The van der Waals surface area contributed by atoms with Crippen molar-refractivity contribution in [2.75, 3.05) is 40.9 Å². The third kappa shape index (κ3) is 5.57. The maximum absolute atomic E-state index is 11.7. The summed E-state index contributed by atoms with van der Waals surface area (Å²) in [5, 5.41) is 2.63. The van der Waals surface area contributed by atoms with Gasteiger partial charge in [-0.3, -0.25) is 9.78 Å². The molecule has 1 N–H and O–H groups in total. The lowest BCUT2D eigenvalue weighted by Gasteiger charge is -2.21. The van der Waals surface area contributed by atoms with Crippen molar-refractivity contribution in [1.29, 1.82) is 0 Å². The van der Waals surface area contributed by atoms with Crippen LogP contribution in [-0.2, 0) is 15.9 Å². The molecule has 0 aliphatic carbocycles. The number of methoxy groups -OCH3 is 1. The number of nitrogens with one attached hydrogen (secondary N) is 1. The topological polar surface area (TPSA) is 63.7 Å². The first kappa shape index (κ1) is 17.8. The Bertz CT molecular complexity index is 510. The lowest BCUT2D eigenvalue weighted by molar-refractivity contribution is 0.0237. The molecule has 2 atom stereocenters. The summed E-state index contributed by atoms with van der Waals surface area (Å²) in [6, 6.07) is 3.58. The number of carbonyl (C=O) groups excluding carboxylic acids is 1. The number of pyridine rings is 1. The molecule has 23 heavy (non-hydrogen) atoms. The molecular formula is C17H27N3O3. The first-order valence-corrected chi connectivity index (χ1v) is 8.12. The number of carbonyl (C=O) groups is 1. The Morgan fingerprint density at radius 1 is 1.48 bits per heavy atom. The Labute approximate surface area is 138 Å². The van der Waals surface area contributed by atoms with Crippen LogP contribution < -0.4 is 5.32 Å². The molecule has 1 aromatic heterocycles. The molecule has 0 bridgehead atoms. The maximum atomic E-state index is 11.7. The van der Waals surface area contributed by atoms with Gasteiger partial charge in [0.25, 0.3) is 5.91 Å². The molecule has 1 amide bonds. The number of rotatable bonds is 8. The van der Waals surface area contributed by atoms with Crippen LogP contribution in [0.15, 0.2) is 18.3 Å². The standard InChI is InChI=1S/C17H27N3O3/c1-18-17(21)13-6-7-19-14(10-13)11-15-4-5-16(23-15)12-20(2)8-9-22-3/h6-7,10,15-16H,4-5,8-9,11-12H2,1-3H3,(H,18,21)/t15-,16+/m0/s1. The molecule has 1 aromatic rings. The van der Waals surface area contributed by atoms with Gasteiger partial charge in [0.05, 0.1) is 18.8 Å². The summed E-state index contributed by atoms with van der Waals surface area (Å²) in [7, 11) is 5.44. The summed E-state index contributed by atoms with van der Waals surface area (Å²) in [5.74, 6) is -0.0846. The van der Waals surface area contributed by atoms with E-state index >= 15 is 0 Å². The number of amides is 1. The molecule has 2 rings (SSSR count). The molecule has 0 unspecified atom stereocenters. The lowest BCUT2D eigenvalue weighted by Crippen LogP contribution is -2.32. The summed E-state index contributed by atoms with van der Waals surface area (Å²) in [4.78, 5) is 18.3. The van der Waals surface area contributed by atoms with Crippen molar-refractivity contribution in [3.8, 4) is 0 Å². The number of ether oxygens (including phenoxy) is 2. The largest absolute Gasteiger partial charge is 0.383 e. The Morgan fingerprint density at radius 2 is 2.26 bits per heavy atom. The van der Waals surface area contributed by atoms with E-state index in [1.807, 2.05) is 6.07 Å². The molecule has 1 fully saturated rings. The van der Waals surface area contributed by atoms with E-state index in [2.05, 4.69) is 22.2 Å². The first-order valence-electron chi connectivity index (χ1n) is 8.12. The van der Waals surface area contributed by atoms with Gasteiger partial charge in [0, 0.05) is 51.1 Å². The smallest absolute Gasteiger partial charge is 0.251 e. The van der Waals surface area contributed by atoms with Crippen LogP contribution in [0, 0.1) is 0 Å². The molecule has 1 aliphatic heterocycles. The highest BCUT2D eigenvalue weighted by molar-refractivity contribution is 5.93. The Balaban J connectivity index is 1.82. The first-order chi connectivity index (χ1) is 11.1. The van der Waals surface area contributed by atoms with Gasteiger partial charge in [-0.05, 0) is 32.0 Å². The van der Waals surface area contributed by atoms with Crippen molar-refractivity contribution < 1.29 is 14.3 Å². The molecule has 1 saturated heterocycles. The minimum Gasteiger partial charge on any atom is -0.383 e. The quantitative estimate of drug-likeness (QED) is 0.777. The lowest BCUT2D eigenvalue weighted by atomic mass is 10.1. The molecule has 6 nitrogen and oxygen atoms in total. The van der Waals surface area contributed by atoms with Crippen LogP contribution >= 0.6 is 0 Å². The van der Waals surface area contributed by atoms with Crippen molar-refractivity contribution in [2.24, 2.45) is 0 Å². The number of hydrogen-bond donors (Lipinski definition) is 1. The zero-order valence-corrected chi connectivity index (χ0v) is 14.2. The van der Waals surface area contributed by atoms with E-state index in [0.29, 0.717) is 5.56 Å². The van der Waals surface area contributed by atoms with E-state index in [-0.39, 0.29) is 18.1 Å². The highest BCUT2D eigenvalue weighted by Gasteiger charge is 2.26. The Kier molecular flexibility index (Phi) is 6.95. The number of hydrogen-bond acceptors (Lipinski definition) is 5. The highest BCUT2D eigenvalue weighted by Crippen LogP contribution is 2.23. The van der Waals surface area contributed by atoms with Gasteiger partial charge in [0.1, 0.15) is 0 Å². The van der Waals surface area contributed by atoms with Crippen LogP contribution in [0.3, 0.4) is 0 Å². The molecule has 128 valence electrons. The van der Waals surface area contributed by atoms with E-state index in [9.17, 15) is 4.79 Å². The molecule has 0 aromatic carbocycles. The van der Waals surface area contributed by atoms with E-state index in [1.54, 1.807) is 26.4 Å². The summed E-state index contributed by atoms with van der Waals surface area (Å²) in [6.45, 7) is 2.57. The minimum absolute atomic E-state index is 0.0846. The number of nitrogens with zero attached hydrogens (tertiary/aromatic N) is 2. The summed E-state index contributed by atoms with van der Waals surface area (Å²) < 4.78 is 11.2. The predicted octanol–water partition coefficient (Wildman–Crippen LogP) is 1.11. The van der Waals surface area contributed by atoms with Crippen LogP contribution in [0.4, 0.5) is 0 Å². The average Bonchev–Trinajstić information content (AvgIpc) is 2.99. The van der Waals surface area contributed by atoms with Gasteiger partial charge in [-0.1, -0.05) is 0 Å². The second-order valence-electron chi connectivity index (χ2n) is 6.03. The molecule has 2 heterocycles. The zero-order chi connectivity index (χ0) is 16.7. The molecule has 0 radical (unpaired) electrons. The van der Waals surface area contributed by atoms with E-state index < -0.39 is 0 Å². The third-order valence-electron chi connectivity index (χ3n) is 4.13. The summed E-state index contributed by atoms with van der Waals surface area (Å²) >= 11 is 0. The predicted molar refractivity (Wildman–Crippen MR) is 88.6 cm³/mol. The number of aromatic nitrogens is 1. The SMILES string of the molecule is CNC(=O)c1ccnc(C[C@@H]2CC[C@H](CN(C)CCOC)O2)c1. The molecule has 0 spiro atoms. The Morgan fingerprint density at radius 3 is 3.00 bits per heavy atom. The van der Waals surface area contributed by atoms with E-state index in [4.69, 9.17) is 9.47 Å². The second-order valence-corrected chi connectivity index (χ2v) is 6.03. The highest BCUT2D eigenvalue weighted by atomic mass is 16.5. The molecular weight excluding hydrogens is 294 g/mol. The van der Waals surface area contributed by atoms with E-state index in [1.165, 1.54) is 0 Å². The average molecular weight is 321 g/mol. The van der Waals surface area contributed by atoms with Crippen LogP contribution in [0.25, 0.3) is 0 Å². The van der Waals surface area contributed by atoms with Gasteiger partial charge in [0.15, 0.2) is 0 Å². The van der Waals surface area contributed by atoms with Crippen molar-refractivity contribution in [3.05, 3.63) is 29.6 Å². The molecule has 1 aliphatic rings. The van der Waals surface area contributed by atoms with Crippen molar-refractivity contribution in [1.82, 2.24) is 15.2 Å². The zero-order valence-electron chi connectivity index (χ0n) is 14.2. The van der Waals surface area contributed by atoms with Crippen LogP contribution in [0.2, 0.25) is 0 Å². The normalized spacial score (nSPS) is 20.9. The fourth-order valence-corrected chi connectivity index (χ4v) is 2.86. The summed E-state index contributed by atoms with van der Waals surface area (Å²) in [5.41, 5.74) is 1.55. The fourth-order valence-electron chi connectivity index (χ4n) is 2.86. The van der Waals surface area contributed by atoms with Crippen LogP contribution in [0.1, 0.15) is 28.9 Å². The van der Waals surface area contributed by atoms with Gasteiger partial charge in [-0.25, -0.2) is 0 Å². The van der Waals surface area contributed by atoms with E-state index in [0.717, 1.165) is 44.7 Å². The Hall–Kier alpha value is -1.50. The third-order valence-corrected chi connectivity index (χ3v) is 4.13. The second kappa shape index (κ2) is 8.96. The van der Waals surface area contributed by atoms with Gasteiger partial charge >= 0.3 is 0 Å². The fraction of sp³-hybridized carbons (Fsp3) is 0.647. The molecule has 0 saturated carbocycles. The van der Waals surface area contributed by atoms with Crippen molar-refractivity contribution in [2.45, 2.75) is 31.5 Å². The number of likely N-dealkylation sites (N-methyl/N-ethyl adjacent to an activating group) is 1. The van der Waals surface area contributed by atoms with Crippen molar-refractivity contribution >= 4 is 5.91 Å².